The van der Waals surface area contributed by atoms with Crippen LogP contribution in [0.1, 0.15) is 23.0 Å². The van der Waals surface area contributed by atoms with Crippen molar-refractivity contribution in [3.05, 3.63) is 52.2 Å². The van der Waals surface area contributed by atoms with Crippen molar-refractivity contribution in [1.82, 2.24) is 15.2 Å². The molecule has 1 aromatic heterocycles. The van der Waals surface area contributed by atoms with Crippen LogP contribution in [0.5, 0.6) is 5.75 Å². The maximum Gasteiger partial charge on any atom is 0.493 e. The summed E-state index contributed by atoms with van der Waals surface area (Å²) >= 11 is 1.91. The molecule has 14 nitrogen and oxygen atoms in total. The summed E-state index contributed by atoms with van der Waals surface area (Å²) in [6.07, 6.45) is -5.40. The van der Waals surface area contributed by atoms with Crippen molar-refractivity contribution in [2.75, 3.05) is 24.7 Å². The summed E-state index contributed by atoms with van der Waals surface area (Å²) in [6.45, 7) is 1.66. The number of nitrogen functional groups attached to an aromatic ring is 1. The third-order valence-corrected chi connectivity index (χ3v) is 7.76. The summed E-state index contributed by atoms with van der Waals surface area (Å²) in [5.74, 6) is -6.30. The molecule has 0 bridgehead atoms. The number of alkyl halides is 3. The van der Waals surface area contributed by atoms with Gasteiger partial charge in [0.1, 0.15) is 35.2 Å². The molecule has 3 heterocycles. The number of β-lactam (4-membered cyclic amide) rings is 1. The molecule has 2 atom stereocenters. The molecule has 2 aromatic rings. The fraction of sp³-hybridized carbons (Fsp3) is 0.292. The minimum atomic E-state index is -5.40. The zero-order chi connectivity index (χ0) is 31.5. The number of esters is 1. The van der Waals surface area contributed by atoms with Crippen LogP contribution < -0.4 is 15.8 Å². The molecular weight excluding hydrogens is 623 g/mol. The lowest BCUT2D eigenvalue weighted by atomic mass is 10.0. The lowest BCUT2D eigenvalue weighted by Crippen LogP contribution is -2.71. The first-order valence-electron chi connectivity index (χ1n) is 12.0. The number of aromatic nitrogens is 1. The van der Waals surface area contributed by atoms with Crippen molar-refractivity contribution in [3.63, 3.8) is 0 Å². The van der Waals surface area contributed by atoms with E-state index in [1.807, 2.05) is 0 Å². The van der Waals surface area contributed by atoms with Gasteiger partial charge in [0.15, 0.2) is 10.8 Å². The molecular formula is C24H20F3N5O9S2. The van der Waals surface area contributed by atoms with Crippen LogP contribution >= 0.6 is 23.1 Å². The van der Waals surface area contributed by atoms with Gasteiger partial charge >= 0.3 is 24.1 Å². The molecule has 2 aliphatic rings. The molecule has 0 aliphatic carbocycles. The SMILES string of the molecule is CCOC(=O)c1ccc(OCC2=C(C(=O)O)N3C(=O)C(NC(=O)C(=NOC(=O)C(F)(F)F)c4csc(N)n4)[C@@H]3SC2)cc1. The summed E-state index contributed by atoms with van der Waals surface area (Å²) in [6, 6.07) is 4.63. The number of carbonyl (C=O) groups excluding carboxylic acids is 4. The predicted molar refractivity (Wildman–Crippen MR) is 143 cm³/mol. The number of nitrogens with two attached hydrogens (primary N) is 1. The van der Waals surface area contributed by atoms with Crippen LogP contribution in [0.2, 0.25) is 0 Å². The number of anilines is 1. The van der Waals surface area contributed by atoms with Crippen LogP contribution in [-0.4, -0.2) is 87.0 Å². The van der Waals surface area contributed by atoms with Gasteiger partial charge in [0.2, 0.25) is 0 Å². The number of oxime groups is 1. The lowest BCUT2D eigenvalue weighted by Gasteiger charge is -2.49. The molecule has 1 aromatic carbocycles. The number of thioether (sulfide) groups is 1. The number of rotatable bonds is 10. The highest BCUT2D eigenvalue weighted by Crippen LogP contribution is 2.40. The van der Waals surface area contributed by atoms with Gasteiger partial charge in [0.05, 0.1) is 12.2 Å². The molecule has 43 heavy (non-hydrogen) atoms. The molecule has 1 saturated heterocycles. The number of aliphatic carboxylic acids is 1. The Labute approximate surface area is 247 Å². The summed E-state index contributed by atoms with van der Waals surface area (Å²) in [5, 5.41) is 15.3. The Balaban J connectivity index is 1.47. The van der Waals surface area contributed by atoms with Gasteiger partial charge in [-0.25, -0.2) is 19.4 Å². The van der Waals surface area contributed by atoms with Gasteiger partial charge in [-0.3, -0.25) is 14.5 Å². The number of hydrogen-bond acceptors (Lipinski definition) is 13. The quantitative estimate of drug-likeness (QED) is 0.111. The van der Waals surface area contributed by atoms with Crippen molar-refractivity contribution in [2.45, 2.75) is 24.5 Å². The number of carboxylic acids is 1. The topological polar surface area (TPSA) is 200 Å². The van der Waals surface area contributed by atoms with E-state index < -0.39 is 53.0 Å². The highest BCUT2D eigenvalue weighted by atomic mass is 32.2. The molecule has 1 fully saturated rings. The van der Waals surface area contributed by atoms with Gasteiger partial charge < -0.3 is 30.5 Å². The number of carbonyl (C=O) groups is 5. The average Bonchev–Trinajstić information content (AvgIpc) is 3.39. The highest BCUT2D eigenvalue weighted by molar-refractivity contribution is 8.00. The van der Waals surface area contributed by atoms with Gasteiger partial charge in [-0.2, -0.15) is 13.2 Å². The summed E-state index contributed by atoms with van der Waals surface area (Å²) in [5.41, 5.74) is 4.51. The Morgan fingerprint density at radius 2 is 1.93 bits per heavy atom. The van der Waals surface area contributed by atoms with Crippen LogP contribution in [0.3, 0.4) is 0 Å². The van der Waals surface area contributed by atoms with Crippen LogP contribution in [0.25, 0.3) is 0 Å². The minimum absolute atomic E-state index is 0.0766. The second-order valence-electron chi connectivity index (χ2n) is 8.54. The number of hydrogen-bond donors (Lipinski definition) is 3. The number of nitrogens with one attached hydrogen (secondary N) is 1. The Kier molecular flexibility index (Phi) is 9.24. The molecule has 228 valence electrons. The third kappa shape index (κ3) is 6.88. The van der Waals surface area contributed by atoms with Crippen molar-refractivity contribution >= 4 is 63.7 Å². The smallest absolute Gasteiger partial charge is 0.489 e. The van der Waals surface area contributed by atoms with E-state index in [0.717, 1.165) is 28.0 Å². The fourth-order valence-corrected chi connectivity index (χ4v) is 5.69. The maximum absolute atomic E-state index is 13.0. The van der Waals surface area contributed by atoms with Gasteiger partial charge in [0, 0.05) is 16.7 Å². The van der Waals surface area contributed by atoms with Crippen LogP contribution in [-0.2, 0) is 28.8 Å². The Bertz CT molecular complexity index is 1520. The van der Waals surface area contributed by atoms with Crippen LogP contribution in [0, 0.1) is 0 Å². The van der Waals surface area contributed by atoms with E-state index in [9.17, 15) is 42.3 Å². The number of halogens is 3. The number of amides is 2. The van der Waals surface area contributed by atoms with E-state index in [1.54, 1.807) is 6.92 Å². The Morgan fingerprint density at radius 3 is 2.51 bits per heavy atom. The van der Waals surface area contributed by atoms with Crippen molar-refractivity contribution in [3.8, 4) is 5.75 Å². The van der Waals surface area contributed by atoms with Gasteiger partial charge in [-0.1, -0.05) is 5.16 Å². The number of nitrogens with zero attached hydrogens (tertiary/aromatic N) is 3. The minimum Gasteiger partial charge on any atom is -0.489 e. The lowest BCUT2D eigenvalue weighted by molar-refractivity contribution is -0.199. The molecule has 2 aliphatic heterocycles. The second kappa shape index (κ2) is 12.7. The molecule has 19 heteroatoms. The molecule has 4 rings (SSSR count). The van der Waals surface area contributed by atoms with E-state index >= 15 is 0 Å². The average molecular weight is 644 g/mol. The van der Waals surface area contributed by atoms with E-state index in [2.05, 4.69) is 20.3 Å². The maximum atomic E-state index is 13.0. The number of ether oxygens (including phenoxy) is 2. The molecule has 4 N–H and O–H groups in total. The van der Waals surface area contributed by atoms with Crippen molar-refractivity contribution in [1.29, 1.82) is 0 Å². The first kappa shape index (κ1) is 31.3. The first-order chi connectivity index (χ1) is 20.3. The van der Waals surface area contributed by atoms with Gasteiger partial charge in [-0.15, -0.1) is 23.1 Å². The van der Waals surface area contributed by atoms with Crippen LogP contribution in [0.4, 0.5) is 18.3 Å². The van der Waals surface area contributed by atoms with Crippen LogP contribution in [0.15, 0.2) is 46.1 Å². The summed E-state index contributed by atoms with van der Waals surface area (Å²) in [7, 11) is 0. The summed E-state index contributed by atoms with van der Waals surface area (Å²) in [4.78, 5) is 69.5. The van der Waals surface area contributed by atoms with E-state index in [0.29, 0.717) is 11.3 Å². The van der Waals surface area contributed by atoms with Gasteiger partial charge in [0.25, 0.3) is 11.8 Å². The molecule has 2 amide bonds. The second-order valence-corrected chi connectivity index (χ2v) is 10.5. The molecule has 0 radical (unpaired) electrons. The zero-order valence-corrected chi connectivity index (χ0v) is 23.4. The third-order valence-electron chi connectivity index (χ3n) is 5.75. The monoisotopic (exact) mass is 643 g/mol. The zero-order valence-electron chi connectivity index (χ0n) is 21.7. The van der Waals surface area contributed by atoms with Crippen molar-refractivity contribution in [2.24, 2.45) is 5.16 Å². The fourth-order valence-electron chi connectivity index (χ4n) is 3.82. The summed E-state index contributed by atoms with van der Waals surface area (Å²) < 4.78 is 48.3. The number of benzene rings is 1. The first-order valence-corrected chi connectivity index (χ1v) is 13.9. The standard InChI is InChI=1S/C24H20F3N5O9S2/c1-2-39-21(37)10-3-5-12(6-4-10)40-7-11-8-42-19-15(18(34)32(19)16(11)20(35)36)30-17(33)14(13-9-43-23(28)29-13)31-41-22(38)24(25,26)27/h3-6,9,15,19H,2,7-8H2,1H3,(H2,28,29)(H,30,33)(H,35,36)/t15?,19-/m0/s1. The van der Waals surface area contributed by atoms with E-state index in [1.165, 1.54) is 29.6 Å². The highest BCUT2D eigenvalue weighted by Gasteiger charge is 2.54. The molecule has 1 unspecified atom stereocenters. The molecule has 0 spiro atoms. The number of thiazole rings is 1. The Hall–Kier alpha value is -4.65. The van der Waals surface area contributed by atoms with E-state index in [4.69, 9.17) is 15.2 Å². The van der Waals surface area contributed by atoms with E-state index in [-0.39, 0.29) is 41.1 Å². The number of carboxylic acid groups (broad SMARTS) is 1. The molecule has 0 saturated carbocycles. The van der Waals surface area contributed by atoms with Gasteiger partial charge in [-0.05, 0) is 31.2 Å². The Morgan fingerprint density at radius 1 is 1.23 bits per heavy atom. The number of fused-ring (bicyclic) bond motifs is 1. The largest absolute Gasteiger partial charge is 0.493 e. The predicted octanol–water partition coefficient (Wildman–Crippen LogP) is 1.53. The normalized spacial score (nSPS) is 18.4. The van der Waals surface area contributed by atoms with Crippen molar-refractivity contribution < 1.29 is 56.6 Å².